The summed E-state index contributed by atoms with van der Waals surface area (Å²) < 4.78 is 7.65. The molecular weight excluding hydrogens is 410 g/mol. The number of hydrogen-bond donors (Lipinski definition) is 3. The molecule has 0 aliphatic carbocycles. The van der Waals surface area contributed by atoms with Crippen molar-refractivity contribution < 1.29 is 9.53 Å². The van der Waals surface area contributed by atoms with E-state index in [1.807, 2.05) is 31.2 Å². The number of hydrogen-bond acceptors (Lipinski definition) is 8. The highest BCUT2D eigenvalue weighted by Crippen LogP contribution is 2.23. The number of nitrogens with one attached hydrogen (secondary N) is 1. The molecule has 3 heterocycles. The molecule has 1 amide bonds. The number of nitrogen functional groups attached to an aromatic ring is 1. The van der Waals surface area contributed by atoms with Gasteiger partial charge in [-0.2, -0.15) is 4.98 Å². The van der Waals surface area contributed by atoms with Gasteiger partial charge in [-0.3, -0.25) is 9.59 Å². The van der Waals surface area contributed by atoms with Crippen LogP contribution in [0.4, 0.5) is 17.5 Å². The van der Waals surface area contributed by atoms with Crippen molar-refractivity contribution in [1.82, 2.24) is 19.4 Å². The largest absolute Gasteiger partial charge is 0.490 e. The normalized spacial score (nSPS) is 15.1. The van der Waals surface area contributed by atoms with Gasteiger partial charge in [-0.05, 0) is 51.1 Å². The van der Waals surface area contributed by atoms with Gasteiger partial charge in [-0.1, -0.05) is 0 Å². The van der Waals surface area contributed by atoms with Gasteiger partial charge in [0, 0.05) is 31.5 Å². The molecule has 3 aromatic rings. The fourth-order valence-corrected chi connectivity index (χ4v) is 3.90. The van der Waals surface area contributed by atoms with Crippen molar-refractivity contribution in [1.29, 1.82) is 0 Å². The first-order valence-corrected chi connectivity index (χ1v) is 10.6. The molecule has 168 valence electrons. The van der Waals surface area contributed by atoms with Gasteiger partial charge in [-0.25, -0.2) is 4.98 Å². The number of rotatable bonds is 6. The minimum absolute atomic E-state index is 0.00226. The van der Waals surface area contributed by atoms with E-state index in [4.69, 9.17) is 16.2 Å². The minimum atomic E-state index is -0.874. The number of carbonyl (C=O) groups is 1. The average Bonchev–Trinajstić information content (AvgIpc) is 2.77. The Bertz CT molecular complexity index is 1200. The Kier molecular flexibility index (Phi) is 5.95. The van der Waals surface area contributed by atoms with Gasteiger partial charge in [-0.15, -0.1) is 0 Å². The van der Waals surface area contributed by atoms with Gasteiger partial charge in [0.15, 0.2) is 5.65 Å². The highest BCUT2D eigenvalue weighted by atomic mass is 16.5. The van der Waals surface area contributed by atoms with Crippen LogP contribution < -0.4 is 26.9 Å². The Balaban J connectivity index is 1.56. The number of benzene rings is 1. The Hall–Kier alpha value is -3.66. The van der Waals surface area contributed by atoms with E-state index in [0.717, 1.165) is 37.4 Å². The Morgan fingerprint density at radius 3 is 2.56 bits per heavy atom. The van der Waals surface area contributed by atoms with Crippen molar-refractivity contribution in [3.63, 3.8) is 0 Å². The lowest BCUT2D eigenvalue weighted by molar-refractivity contribution is 0.0999. The molecule has 0 atom stereocenters. The average molecular weight is 438 g/mol. The summed E-state index contributed by atoms with van der Waals surface area (Å²) >= 11 is 0. The van der Waals surface area contributed by atoms with E-state index in [1.54, 1.807) is 4.57 Å². The van der Waals surface area contributed by atoms with Crippen LogP contribution in [-0.2, 0) is 6.54 Å². The number of anilines is 3. The summed E-state index contributed by atoms with van der Waals surface area (Å²) in [4.78, 5) is 35.3. The predicted molar refractivity (Wildman–Crippen MR) is 123 cm³/mol. The molecule has 0 radical (unpaired) electrons. The standard InChI is InChI=1S/C22H27N7O3/c1-3-29-19(23)17(20(24)31)18(30)16-12-25-22(27-21(16)29)26-13-4-6-14(7-5-13)32-15-8-10-28(2)11-9-15/h4-7,12,15H,3,8-11,23H2,1-2H3,(H2,24,31)(H,25,26,27). The number of piperidine rings is 1. The van der Waals surface area contributed by atoms with E-state index in [2.05, 4.69) is 27.2 Å². The predicted octanol–water partition coefficient (Wildman–Crippen LogP) is 1.71. The Morgan fingerprint density at radius 2 is 1.94 bits per heavy atom. The van der Waals surface area contributed by atoms with Crippen LogP contribution in [0.3, 0.4) is 0 Å². The molecule has 4 rings (SSSR count). The maximum atomic E-state index is 12.6. The van der Waals surface area contributed by atoms with Gasteiger partial charge in [0.25, 0.3) is 5.91 Å². The van der Waals surface area contributed by atoms with E-state index in [-0.39, 0.29) is 22.9 Å². The number of nitrogens with zero attached hydrogens (tertiary/aromatic N) is 4. The zero-order valence-electron chi connectivity index (χ0n) is 18.2. The van der Waals surface area contributed by atoms with Gasteiger partial charge < -0.3 is 31.0 Å². The zero-order valence-corrected chi connectivity index (χ0v) is 18.2. The van der Waals surface area contributed by atoms with Gasteiger partial charge in [0.2, 0.25) is 11.4 Å². The third kappa shape index (κ3) is 4.22. The van der Waals surface area contributed by atoms with E-state index >= 15 is 0 Å². The third-order valence-corrected chi connectivity index (χ3v) is 5.68. The monoisotopic (exact) mass is 437 g/mol. The second-order valence-corrected chi connectivity index (χ2v) is 7.90. The zero-order chi connectivity index (χ0) is 22.8. The minimum Gasteiger partial charge on any atom is -0.490 e. The van der Waals surface area contributed by atoms with Crippen LogP contribution in [-0.4, -0.2) is 51.6 Å². The lowest BCUT2D eigenvalue weighted by Gasteiger charge is -2.29. The number of nitrogens with two attached hydrogens (primary N) is 2. The van der Waals surface area contributed by atoms with Crippen LogP contribution in [0.2, 0.25) is 0 Å². The van der Waals surface area contributed by atoms with Crippen LogP contribution in [0.5, 0.6) is 5.75 Å². The Morgan fingerprint density at radius 1 is 1.25 bits per heavy atom. The molecule has 5 N–H and O–H groups in total. The van der Waals surface area contributed by atoms with Crippen LogP contribution in [0.25, 0.3) is 11.0 Å². The lowest BCUT2D eigenvalue weighted by Crippen LogP contribution is -2.35. The molecule has 0 bridgehead atoms. The number of aromatic nitrogens is 3. The number of carbonyl (C=O) groups excluding carboxylic acids is 1. The number of fused-ring (bicyclic) bond motifs is 1. The molecule has 2 aromatic heterocycles. The summed E-state index contributed by atoms with van der Waals surface area (Å²) in [5.41, 5.74) is 11.7. The van der Waals surface area contributed by atoms with Gasteiger partial charge >= 0.3 is 0 Å². The number of pyridine rings is 1. The summed E-state index contributed by atoms with van der Waals surface area (Å²) in [6.45, 7) is 4.32. The first-order chi connectivity index (χ1) is 15.4. The molecule has 0 spiro atoms. The number of likely N-dealkylation sites (tertiary alicyclic amines) is 1. The summed E-state index contributed by atoms with van der Waals surface area (Å²) in [5.74, 6) is 0.240. The fraction of sp³-hybridized carbons (Fsp3) is 0.364. The quantitative estimate of drug-likeness (QED) is 0.529. The number of ether oxygens (including phenoxy) is 1. The summed E-state index contributed by atoms with van der Waals surface area (Å²) in [5, 5.41) is 3.31. The molecular formula is C22H27N7O3. The number of primary amides is 1. The van der Waals surface area contributed by atoms with Crippen LogP contribution in [0.1, 0.15) is 30.1 Å². The van der Waals surface area contributed by atoms with Crippen molar-refractivity contribution in [2.45, 2.75) is 32.4 Å². The molecule has 1 saturated heterocycles. The summed E-state index contributed by atoms with van der Waals surface area (Å²) in [6, 6.07) is 7.58. The molecule has 1 aromatic carbocycles. The van der Waals surface area contributed by atoms with E-state index < -0.39 is 11.3 Å². The first kappa shape index (κ1) is 21.6. The molecule has 1 aliphatic heterocycles. The molecule has 0 saturated carbocycles. The van der Waals surface area contributed by atoms with Gasteiger partial charge in [0.05, 0.1) is 5.39 Å². The second kappa shape index (κ2) is 8.83. The third-order valence-electron chi connectivity index (χ3n) is 5.68. The van der Waals surface area contributed by atoms with Crippen molar-refractivity contribution in [3.05, 3.63) is 46.2 Å². The maximum Gasteiger partial charge on any atom is 0.256 e. The molecule has 0 unspecified atom stereocenters. The van der Waals surface area contributed by atoms with Crippen molar-refractivity contribution in [3.8, 4) is 5.75 Å². The van der Waals surface area contributed by atoms with E-state index in [9.17, 15) is 9.59 Å². The fourth-order valence-electron chi connectivity index (χ4n) is 3.90. The SMILES string of the molecule is CCn1c(N)c(C(N)=O)c(=O)c2cnc(Nc3ccc(OC4CCN(C)CC4)cc3)nc21. The second-order valence-electron chi connectivity index (χ2n) is 7.90. The van der Waals surface area contributed by atoms with E-state index in [0.29, 0.717) is 18.1 Å². The molecule has 1 aliphatic rings. The van der Waals surface area contributed by atoms with Crippen molar-refractivity contribution in [2.24, 2.45) is 5.73 Å². The number of amides is 1. The van der Waals surface area contributed by atoms with Gasteiger partial charge in [0.1, 0.15) is 23.2 Å². The van der Waals surface area contributed by atoms with Crippen LogP contribution in [0.15, 0.2) is 35.3 Å². The molecule has 32 heavy (non-hydrogen) atoms. The topological polar surface area (TPSA) is 141 Å². The maximum absolute atomic E-state index is 12.6. The summed E-state index contributed by atoms with van der Waals surface area (Å²) in [7, 11) is 2.12. The smallest absolute Gasteiger partial charge is 0.256 e. The highest BCUT2D eigenvalue weighted by molar-refractivity contribution is 6.00. The van der Waals surface area contributed by atoms with Crippen LogP contribution in [0, 0.1) is 0 Å². The van der Waals surface area contributed by atoms with Crippen molar-refractivity contribution in [2.75, 3.05) is 31.2 Å². The highest BCUT2D eigenvalue weighted by Gasteiger charge is 2.20. The molecule has 1 fully saturated rings. The Labute approximate surface area is 185 Å². The first-order valence-electron chi connectivity index (χ1n) is 10.6. The van der Waals surface area contributed by atoms with Crippen molar-refractivity contribution >= 4 is 34.4 Å². The molecule has 10 nitrogen and oxygen atoms in total. The van der Waals surface area contributed by atoms with E-state index in [1.165, 1.54) is 6.20 Å². The summed E-state index contributed by atoms with van der Waals surface area (Å²) in [6.07, 6.45) is 3.64. The lowest BCUT2D eigenvalue weighted by atomic mass is 10.1. The molecule has 10 heteroatoms. The van der Waals surface area contributed by atoms with Crippen LogP contribution >= 0.6 is 0 Å². The number of aryl methyl sites for hydroxylation is 1.